The molecule has 0 atom stereocenters. The van der Waals surface area contributed by atoms with Crippen LogP contribution in [0.4, 0.5) is 5.13 Å². The summed E-state index contributed by atoms with van der Waals surface area (Å²) in [4.78, 5) is 4.22. The van der Waals surface area contributed by atoms with E-state index in [1.54, 1.807) is 0 Å². The molecule has 2 rings (SSSR count). The molecule has 16 heavy (non-hydrogen) atoms. The lowest BCUT2D eigenvalue weighted by atomic mass is 10.2. The van der Waals surface area contributed by atoms with E-state index < -0.39 is 0 Å². The predicted molar refractivity (Wildman–Crippen MR) is 71.1 cm³/mol. The maximum atomic E-state index is 6.07. The number of hydrogen-bond acceptors (Lipinski definition) is 4. The number of nitrogens with one attached hydrogen (secondary N) is 1. The fourth-order valence-electron chi connectivity index (χ4n) is 1.22. The second-order valence-corrected chi connectivity index (χ2v) is 5.31. The number of nitrogens with zero attached hydrogens (tertiary/aromatic N) is 2. The van der Waals surface area contributed by atoms with Crippen molar-refractivity contribution in [1.82, 2.24) is 9.36 Å². The molecule has 0 spiro atoms. The normalized spacial score (nSPS) is 10.4. The van der Waals surface area contributed by atoms with Gasteiger partial charge in [0.1, 0.15) is 5.82 Å². The molecule has 0 bridgehead atoms. The van der Waals surface area contributed by atoms with Crippen LogP contribution >= 0.6 is 39.1 Å². The Labute approximate surface area is 111 Å². The van der Waals surface area contributed by atoms with Crippen molar-refractivity contribution < 1.29 is 0 Å². The Morgan fingerprint density at radius 1 is 1.50 bits per heavy atom. The minimum Gasteiger partial charge on any atom is -0.356 e. The Morgan fingerprint density at radius 2 is 2.31 bits per heavy atom. The summed E-state index contributed by atoms with van der Waals surface area (Å²) in [5.41, 5.74) is 1.03. The highest BCUT2D eigenvalue weighted by atomic mass is 79.9. The third-order valence-electron chi connectivity index (χ3n) is 1.97. The Hall–Kier alpha value is -0.650. The van der Waals surface area contributed by atoms with Gasteiger partial charge in [-0.1, -0.05) is 27.5 Å². The summed E-state index contributed by atoms with van der Waals surface area (Å²) in [5, 5.41) is 4.75. The molecule has 0 fully saturated rings. The summed E-state index contributed by atoms with van der Waals surface area (Å²) in [7, 11) is 0. The molecule has 3 nitrogen and oxygen atoms in total. The van der Waals surface area contributed by atoms with E-state index in [0.29, 0.717) is 6.54 Å². The number of aryl methyl sites for hydroxylation is 1. The van der Waals surface area contributed by atoms with Crippen LogP contribution < -0.4 is 5.32 Å². The zero-order chi connectivity index (χ0) is 11.5. The highest BCUT2D eigenvalue weighted by Crippen LogP contribution is 2.22. The average molecular weight is 319 g/mol. The molecule has 1 heterocycles. The maximum absolute atomic E-state index is 6.07. The molecule has 0 aliphatic rings. The van der Waals surface area contributed by atoms with Crippen LogP contribution in [0.15, 0.2) is 22.7 Å². The third-order valence-corrected chi connectivity index (χ3v) is 3.59. The van der Waals surface area contributed by atoms with Crippen molar-refractivity contribution in [3.05, 3.63) is 39.1 Å². The van der Waals surface area contributed by atoms with Gasteiger partial charge in [0.25, 0.3) is 0 Å². The summed E-state index contributed by atoms with van der Waals surface area (Å²) in [5.74, 6) is 0.785. The first-order valence-corrected chi connectivity index (χ1v) is 6.57. The van der Waals surface area contributed by atoms with Crippen LogP contribution in [0, 0.1) is 6.92 Å². The van der Waals surface area contributed by atoms with E-state index in [2.05, 4.69) is 30.6 Å². The molecule has 1 aromatic carbocycles. The highest BCUT2D eigenvalue weighted by Gasteiger charge is 2.03. The molecule has 2 aromatic rings. The summed E-state index contributed by atoms with van der Waals surface area (Å²) < 4.78 is 5.11. The molecule has 1 N–H and O–H groups in total. The van der Waals surface area contributed by atoms with E-state index in [1.807, 2.05) is 25.1 Å². The number of hydrogen-bond donors (Lipinski definition) is 1. The Balaban J connectivity index is 2.07. The molecule has 0 saturated carbocycles. The first-order valence-electron chi connectivity index (χ1n) is 4.63. The molecule has 0 aliphatic heterocycles. The van der Waals surface area contributed by atoms with E-state index in [9.17, 15) is 0 Å². The Bertz CT molecular complexity index is 501. The van der Waals surface area contributed by atoms with Gasteiger partial charge in [0.05, 0.1) is 0 Å². The van der Waals surface area contributed by atoms with Gasteiger partial charge in [0, 0.05) is 27.6 Å². The minimum absolute atomic E-state index is 0.646. The lowest BCUT2D eigenvalue weighted by Crippen LogP contribution is -1.99. The molecule has 1 aromatic heterocycles. The molecule has 0 aliphatic carbocycles. The second kappa shape index (κ2) is 5.12. The van der Waals surface area contributed by atoms with Crippen LogP contribution in [0.1, 0.15) is 11.4 Å². The number of rotatable bonds is 3. The van der Waals surface area contributed by atoms with Gasteiger partial charge in [0.15, 0.2) is 0 Å². The topological polar surface area (TPSA) is 37.8 Å². The quantitative estimate of drug-likeness (QED) is 0.933. The molecule has 6 heteroatoms. The zero-order valence-corrected chi connectivity index (χ0v) is 11.7. The van der Waals surface area contributed by atoms with Crippen molar-refractivity contribution >= 4 is 44.2 Å². The van der Waals surface area contributed by atoms with Gasteiger partial charge < -0.3 is 5.32 Å². The van der Waals surface area contributed by atoms with E-state index in [4.69, 9.17) is 11.6 Å². The van der Waals surface area contributed by atoms with Crippen molar-refractivity contribution in [3.8, 4) is 0 Å². The van der Waals surface area contributed by atoms with Crippen LogP contribution in [0.3, 0.4) is 0 Å². The number of aromatic nitrogens is 2. The molecule has 0 saturated heterocycles. The van der Waals surface area contributed by atoms with Gasteiger partial charge in [-0.05, 0) is 30.7 Å². The fraction of sp³-hybridized carbons (Fsp3) is 0.200. The SMILES string of the molecule is Cc1nsc(NCc2cc(Br)ccc2Cl)n1. The number of halogens is 2. The lowest BCUT2D eigenvalue weighted by Gasteiger charge is -2.05. The molecule has 84 valence electrons. The molecule has 0 amide bonds. The molecule has 0 radical (unpaired) electrons. The summed E-state index contributed by atoms with van der Waals surface area (Å²) >= 11 is 10.8. The van der Waals surface area contributed by atoms with E-state index in [-0.39, 0.29) is 0 Å². The average Bonchev–Trinajstić information content (AvgIpc) is 2.66. The van der Waals surface area contributed by atoms with Crippen molar-refractivity contribution in [3.63, 3.8) is 0 Å². The predicted octanol–water partition coefficient (Wildman–Crippen LogP) is 3.87. The fourth-order valence-corrected chi connectivity index (χ4v) is 2.38. The van der Waals surface area contributed by atoms with Crippen molar-refractivity contribution in [1.29, 1.82) is 0 Å². The third kappa shape index (κ3) is 2.93. The van der Waals surface area contributed by atoms with Crippen LogP contribution in [-0.2, 0) is 6.54 Å². The molecular formula is C10H9BrClN3S. The van der Waals surface area contributed by atoms with Gasteiger partial charge in [-0.25, -0.2) is 4.98 Å². The maximum Gasteiger partial charge on any atom is 0.202 e. The van der Waals surface area contributed by atoms with Crippen molar-refractivity contribution in [2.45, 2.75) is 13.5 Å². The van der Waals surface area contributed by atoms with Gasteiger partial charge >= 0.3 is 0 Å². The lowest BCUT2D eigenvalue weighted by molar-refractivity contribution is 1.10. The largest absolute Gasteiger partial charge is 0.356 e. The monoisotopic (exact) mass is 317 g/mol. The Kier molecular flexibility index (Phi) is 3.78. The number of benzene rings is 1. The first-order chi connectivity index (χ1) is 7.65. The van der Waals surface area contributed by atoms with Crippen LogP contribution in [0.25, 0.3) is 0 Å². The first kappa shape index (κ1) is 11.8. The number of anilines is 1. The van der Waals surface area contributed by atoms with E-state index >= 15 is 0 Å². The van der Waals surface area contributed by atoms with Crippen LogP contribution in [-0.4, -0.2) is 9.36 Å². The summed E-state index contributed by atoms with van der Waals surface area (Å²) in [6.07, 6.45) is 0. The van der Waals surface area contributed by atoms with Crippen LogP contribution in [0.2, 0.25) is 5.02 Å². The smallest absolute Gasteiger partial charge is 0.202 e. The minimum atomic E-state index is 0.646. The summed E-state index contributed by atoms with van der Waals surface area (Å²) in [6.45, 7) is 2.51. The second-order valence-electron chi connectivity index (χ2n) is 3.24. The van der Waals surface area contributed by atoms with Gasteiger partial charge in [-0.15, -0.1) is 0 Å². The standard InChI is InChI=1S/C10H9BrClN3S/c1-6-14-10(16-15-6)13-5-7-4-8(11)2-3-9(7)12/h2-4H,5H2,1H3,(H,13,14,15). The van der Waals surface area contributed by atoms with Gasteiger partial charge in [-0.2, -0.15) is 4.37 Å². The highest BCUT2D eigenvalue weighted by molar-refractivity contribution is 9.10. The van der Waals surface area contributed by atoms with E-state index in [1.165, 1.54) is 11.5 Å². The molecule has 0 unspecified atom stereocenters. The summed E-state index contributed by atoms with van der Waals surface area (Å²) in [6, 6.07) is 5.78. The van der Waals surface area contributed by atoms with E-state index in [0.717, 1.165) is 26.0 Å². The zero-order valence-electron chi connectivity index (χ0n) is 8.50. The van der Waals surface area contributed by atoms with Gasteiger partial charge in [-0.3, -0.25) is 0 Å². The molecular weight excluding hydrogens is 310 g/mol. The van der Waals surface area contributed by atoms with Gasteiger partial charge in [0.2, 0.25) is 5.13 Å². The van der Waals surface area contributed by atoms with Crippen LogP contribution in [0.5, 0.6) is 0 Å². The van der Waals surface area contributed by atoms with Crippen molar-refractivity contribution in [2.75, 3.05) is 5.32 Å². The van der Waals surface area contributed by atoms with Crippen molar-refractivity contribution in [2.24, 2.45) is 0 Å². The Morgan fingerprint density at radius 3 is 3.00 bits per heavy atom.